The van der Waals surface area contributed by atoms with E-state index in [0.717, 1.165) is 11.1 Å². The molecule has 0 aliphatic heterocycles. The van der Waals surface area contributed by atoms with Gasteiger partial charge in [-0.1, -0.05) is 29.8 Å². The van der Waals surface area contributed by atoms with Crippen molar-refractivity contribution in [3.05, 3.63) is 65.5 Å². The topological polar surface area (TPSA) is 58.6 Å². The van der Waals surface area contributed by atoms with Gasteiger partial charge in [0.15, 0.2) is 6.61 Å². The second-order valence-electron chi connectivity index (χ2n) is 7.09. The van der Waals surface area contributed by atoms with Gasteiger partial charge in [-0.3, -0.25) is 9.59 Å². The summed E-state index contributed by atoms with van der Waals surface area (Å²) in [7, 11) is 0. The molecule has 0 aliphatic carbocycles. The average molecular weight is 386 g/mol. The lowest BCUT2D eigenvalue weighted by atomic mass is 10.1. The number of nitrogens with one attached hydrogen (secondary N) is 1. The van der Waals surface area contributed by atoms with E-state index >= 15 is 0 Å². The zero-order valence-electron chi connectivity index (χ0n) is 16.7. The fourth-order valence-corrected chi connectivity index (χ4v) is 2.64. The molecule has 28 heavy (non-hydrogen) atoms. The van der Waals surface area contributed by atoms with Gasteiger partial charge in [0.05, 0.1) is 0 Å². The van der Waals surface area contributed by atoms with Gasteiger partial charge in [-0.2, -0.15) is 0 Å². The summed E-state index contributed by atoms with van der Waals surface area (Å²) in [6.07, 6.45) is 0. The van der Waals surface area contributed by atoms with Crippen molar-refractivity contribution in [2.45, 2.75) is 46.3 Å². The van der Waals surface area contributed by atoms with Crippen molar-refractivity contribution in [3.8, 4) is 5.75 Å². The minimum Gasteiger partial charge on any atom is -0.484 e. The van der Waals surface area contributed by atoms with Gasteiger partial charge >= 0.3 is 0 Å². The van der Waals surface area contributed by atoms with E-state index in [1.165, 1.54) is 29.2 Å². The maximum Gasteiger partial charge on any atom is 0.261 e. The van der Waals surface area contributed by atoms with Gasteiger partial charge < -0.3 is 15.0 Å². The van der Waals surface area contributed by atoms with Crippen LogP contribution in [-0.4, -0.2) is 35.4 Å². The lowest BCUT2D eigenvalue weighted by Crippen LogP contribution is -2.50. The van der Waals surface area contributed by atoms with E-state index in [1.54, 1.807) is 6.92 Å². The Hall–Kier alpha value is -2.89. The highest BCUT2D eigenvalue weighted by Gasteiger charge is 2.26. The van der Waals surface area contributed by atoms with Crippen LogP contribution in [0.5, 0.6) is 5.75 Å². The summed E-state index contributed by atoms with van der Waals surface area (Å²) in [5.41, 5.74) is 2.04. The van der Waals surface area contributed by atoms with E-state index in [2.05, 4.69) is 5.32 Å². The van der Waals surface area contributed by atoms with E-state index in [-0.39, 0.29) is 30.3 Å². The molecule has 5 nitrogen and oxygen atoms in total. The van der Waals surface area contributed by atoms with Gasteiger partial charge in [-0.15, -0.1) is 0 Å². The molecule has 0 heterocycles. The second-order valence-corrected chi connectivity index (χ2v) is 7.09. The van der Waals surface area contributed by atoms with Gasteiger partial charge in [0.1, 0.15) is 17.6 Å². The van der Waals surface area contributed by atoms with Crippen molar-refractivity contribution < 1.29 is 18.7 Å². The first-order chi connectivity index (χ1) is 13.3. The monoisotopic (exact) mass is 386 g/mol. The summed E-state index contributed by atoms with van der Waals surface area (Å²) in [6.45, 7) is 7.47. The third kappa shape index (κ3) is 6.37. The molecule has 2 aromatic rings. The number of aryl methyl sites for hydroxylation is 1. The van der Waals surface area contributed by atoms with Crippen molar-refractivity contribution in [2.24, 2.45) is 0 Å². The van der Waals surface area contributed by atoms with Crippen LogP contribution in [0.2, 0.25) is 0 Å². The Balaban J connectivity index is 2.12. The van der Waals surface area contributed by atoms with Crippen molar-refractivity contribution >= 4 is 11.8 Å². The van der Waals surface area contributed by atoms with Gasteiger partial charge in [0, 0.05) is 12.6 Å². The van der Waals surface area contributed by atoms with Crippen LogP contribution in [0.1, 0.15) is 31.9 Å². The van der Waals surface area contributed by atoms with Crippen molar-refractivity contribution in [3.63, 3.8) is 0 Å². The highest BCUT2D eigenvalue weighted by atomic mass is 19.1. The molecule has 6 heteroatoms. The number of carbonyl (C=O) groups excluding carboxylic acids is 2. The summed E-state index contributed by atoms with van der Waals surface area (Å²) in [4.78, 5) is 26.8. The lowest BCUT2D eigenvalue weighted by Gasteiger charge is -2.29. The van der Waals surface area contributed by atoms with Crippen LogP contribution >= 0.6 is 0 Å². The smallest absolute Gasteiger partial charge is 0.261 e. The Labute approximate surface area is 165 Å². The average Bonchev–Trinajstić information content (AvgIpc) is 2.65. The molecule has 2 rings (SSSR count). The highest BCUT2D eigenvalue weighted by molar-refractivity contribution is 5.88. The number of amides is 2. The van der Waals surface area contributed by atoms with Crippen LogP contribution < -0.4 is 10.1 Å². The summed E-state index contributed by atoms with van der Waals surface area (Å²) in [6, 6.07) is 12.6. The Morgan fingerprint density at radius 2 is 1.64 bits per heavy atom. The highest BCUT2D eigenvalue weighted by Crippen LogP contribution is 2.14. The second kappa shape index (κ2) is 9.88. The normalized spacial score (nSPS) is 11.8. The van der Waals surface area contributed by atoms with Gasteiger partial charge in [0.2, 0.25) is 5.91 Å². The fraction of sp³-hybridized carbons (Fsp3) is 0.364. The summed E-state index contributed by atoms with van der Waals surface area (Å²) < 4.78 is 18.5. The molecule has 1 atom stereocenters. The minimum atomic E-state index is -0.659. The Kier molecular flexibility index (Phi) is 7.55. The molecule has 150 valence electrons. The van der Waals surface area contributed by atoms with E-state index in [9.17, 15) is 14.0 Å². The molecular weight excluding hydrogens is 359 g/mol. The summed E-state index contributed by atoms with van der Waals surface area (Å²) in [5.74, 6) is -0.531. The fourth-order valence-electron chi connectivity index (χ4n) is 2.64. The van der Waals surface area contributed by atoms with Crippen LogP contribution in [-0.2, 0) is 16.1 Å². The molecule has 0 spiro atoms. The molecule has 0 aromatic heterocycles. The minimum absolute atomic E-state index is 0.0262. The maximum absolute atomic E-state index is 13.0. The van der Waals surface area contributed by atoms with Crippen LogP contribution in [0.3, 0.4) is 0 Å². The molecule has 0 saturated heterocycles. The van der Waals surface area contributed by atoms with Gasteiger partial charge in [-0.25, -0.2) is 4.39 Å². The Morgan fingerprint density at radius 3 is 2.21 bits per heavy atom. The zero-order valence-corrected chi connectivity index (χ0v) is 16.7. The molecule has 0 unspecified atom stereocenters. The van der Waals surface area contributed by atoms with Crippen molar-refractivity contribution in [2.75, 3.05) is 6.61 Å². The number of halogens is 1. The molecule has 2 amide bonds. The van der Waals surface area contributed by atoms with Gasteiger partial charge in [0.25, 0.3) is 5.91 Å². The first-order valence-corrected chi connectivity index (χ1v) is 9.30. The summed E-state index contributed by atoms with van der Waals surface area (Å²) >= 11 is 0. The molecule has 1 N–H and O–H groups in total. The number of rotatable bonds is 8. The third-order valence-corrected chi connectivity index (χ3v) is 4.25. The van der Waals surface area contributed by atoms with Gasteiger partial charge in [-0.05, 0) is 57.5 Å². The largest absolute Gasteiger partial charge is 0.484 e. The van der Waals surface area contributed by atoms with E-state index < -0.39 is 6.04 Å². The standard InChI is InChI=1S/C22H27FN2O3/c1-15(2)24-22(27)17(4)25(13-18-7-5-16(3)6-8-18)21(26)14-28-20-11-9-19(23)10-12-20/h5-12,15,17H,13-14H2,1-4H3,(H,24,27)/t17-/m1/s1. The van der Waals surface area contributed by atoms with Crippen LogP contribution in [0.25, 0.3) is 0 Å². The van der Waals surface area contributed by atoms with Crippen LogP contribution in [0.15, 0.2) is 48.5 Å². The van der Waals surface area contributed by atoms with E-state index in [1.807, 2.05) is 45.0 Å². The van der Waals surface area contributed by atoms with Crippen LogP contribution in [0, 0.1) is 12.7 Å². The molecule has 0 bridgehead atoms. The Bertz CT molecular complexity index is 788. The van der Waals surface area contributed by atoms with E-state index in [4.69, 9.17) is 4.74 Å². The predicted octanol–water partition coefficient (Wildman–Crippen LogP) is 3.45. The van der Waals surface area contributed by atoms with Crippen molar-refractivity contribution in [1.29, 1.82) is 0 Å². The maximum atomic E-state index is 13.0. The number of ether oxygens (including phenoxy) is 1. The number of nitrogens with zero attached hydrogens (tertiary/aromatic N) is 1. The molecule has 0 aliphatic rings. The van der Waals surface area contributed by atoms with Crippen LogP contribution in [0.4, 0.5) is 4.39 Å². The SMILES string of the molecule is Cc1ccc(CN(C(=O)COc2ccc(F)cc2)[C@H](C)C(=O)NC(C)C)cc1. The van der Waals surface area contributed by atoms with Crippen molar-refractivity contribution in [1.82, 2.24) is 10.2 Å². The third-order valence-electron chi connectivity index (χ3n) is 4.25. The molecule has 0 saturated carbocycles. The Morgan fingerprint density at radius 1 is 1.04 bits per heavy atom. The quantitative estimate of drug-likeness (QED) is 0.756. The molecule has 0 radical (unpaired) electrons. The predicted molar refractivity (Wildman–Crippen MR) is 106 cm³/mol. The zero-order chi connectivity index (χ0) is 20.7. The van der Waals surface area contributed by atoms with E-state index in [0.29, 0.717) is 12.3 Å². The number of benzene rings is 2. The number of hydrogen-bond donors (Lipinski definition) is 1. The summed E-state index contributed by atoms with van der Waals surface area (Å²) in [5, 5.41) is 2.84. The molecular formula is C22H27FN2O3. The number of hydrogen-bond acceptors (Lipinski definition) is 3. The first kappa shape index (κ1) is 21.4. The lowest BCUT2D eigenvalue weighted by molar-refractivity contribution is -0.142. The molecule has 2 aromatic carbocycles. The molecule has 0 fully saturated rings. The number of carbonyl (C=O) groups is 2. The first-order valence-electron chi connectivity index (χ1n) is 9.30.